The van der Waals surface area contributed by atoms with Gasteiger partial charge in [-0.15, -0.1) is 0 Å². The van der Waals surface area contributed by atoms with Crippen molar-refractivity contribution < 1.29 is 4.21 Å². The Morgan fingerprint density at radius 1 is 1.33 bits per heavy atom. The summed E-state index contributed by atoms with van der Waals surface area (Å²) in [6.07, 6.45) is 3.50. The maximum Gasteiger partial charge on any atom is 0.0509 e. The Bertz CT molecular complexity index is 498. The van der Waals surface area contributed by atoms with Crippen molar-refractivity contribution in [2.75, 3.05) is 6.54 Å². The molecule has 0 aromatic heterocycles. The first-order valence-corrected chi connectivity index (χ1v) is 9.49. The fourth-order valence-corrected chi connectivity index (χ4v) is 5.57. The molecule has 2 nitrogen and oxygen atoms in total. The van der Waals surface area contributed by atoms with Crippen molar-refractivity contribution in [3.63, 3.8) is 0 Å². The van der Waals surface area contributed by atoms with Crippen LogP contribution in [0.2, 0.25) is 0 Å². The number of nitrogens with one attached hydrogen (secondary N) is 1. The molecule has 3 heteroatoms. The van der Waals surface area contributed by atoms with Gasteiger partial charge in [0.1, 0.15) is 0 Å². The first-order valence-electron chi connectivity index (χ1n) is 8.11. The van der Waals surface area contributed by atoms with Crippen molar-refractivity contribution in [3.05, 3.63) is 35.4 Å². The van der Waals surface area contributed by atoms with Crippen molar-refractivity contribution in [3.8, 4) is 0 Å². The minimum Gasteiger partial charge on any atom is -0.313 e. The third kappa shape index (κ3) is 3.95. The molecule has 0 aliphatic heterocycles. The summed E-state index contributed by atoms with van der Waals surface area (Å²) >= 11 is 0. The van der Waals surface area contributed by atoms with Crippen LogP contribution in [0.1, 0.15) is 51.2 Å². The summed E-state index contributed by atoms with van der Waals surface area (Å²) in [6.45, 7) is 9.84. The first kappa shape index (κ1) is 16.7. The molecule has 3 unspecified atom stereocenters. The first-order chi connectivity index (χ1) is 9.95. The minimum atomic E-state index is -0.808. The fraction of sp³-hybridized carbons (Fsp3) is 0.667. The second-order valence-electron chi connectivity index (χ2n) is 6.91. The van der Waals surface area contributed by atoms with Crippen LogP contribution in [-0.4, -0.2) is 22.0 Å². The Kier molecular flexibility index (Phi) is 5.61. The van der Waals surface area contributed by atoms with Crippen LogP contribution in [0.5, 0.6) is 0 Å². The molecule has 118 valence electrons. The van der Waals surface area contributed by atoms with Crippen molar-refractivity contribution >= 4 is 10.8 Å². The second-order valence-corrected chi connectivity index (χ2v) is 8.56. The molecule has 1 N–H and O–H groups in total. The Balaban J connectivity index is 2.14. The zero-order valence-electron chi connectivity index (χ0n) is 13.8. The highest BCUT2D eigenvalue weighted by molar-refractivity contribution is 7.84. The van der Waals surface area contributed by atoms with Crippen LogP contribution < -0.4 is 5.32 Å². The van der Waals surface area contributed by atoms with Gasteiger partial charge in [-0.05, 0) is 42.9 Å². The van der Waals surface area contributed by atoms with Crippen LogP contribution in [-0.2, 0) is 16.6 Å². The topological polar surface area (TPSA) is 29.1 Å². The molecule has 0 heterocycles. The van der Waals surface area contributed by atoms with Gasteiger partial charge in [0.05, 0.1) is 5.25 Å². The summed E-state index contributed by atoms with van der Waals surface area (Å²) in [5, 5.41) is 3.88. The van der Waals surface area contributed by atoms with E-state index >= 15 is 0 Å². The van der Waals surface area contributed by atoms with E-state index in [1.54, 1.807) is 0 Å². The van der Waals surface area contributed by atoms with Crippen LogP contribution >= 0.6 is 0 Å². The lowest BCUT2D eigenvalue weighted by Gasteiger charge is -2.44. The maximum absolute atomic E-state index is 13.0. The van der Waals surface area contributed by atoms with Crippen molar-refractivity contribution in [1.29, 1.82) is 0 Å². The lowest BCUT2D eigenvalue weighted by Crippen LogP contribution is -2.54. The number of hydrogen-bond donors (Lipinski definition) is 1. The third-order valence-electron chi connectivity index (χ3n) is 4.84. The smallest absolute Gasteiger partial charge is 0.0509 e. The molecule has 1 aromatic rings. The van der Waals surface area contributed by atoms with Crippen molar-refractivity contribution in [2.24, 2.45) is 5.41 Å². The van der Waals surface area contributed by atoms with Crippen LogP contribution in [0, 0.1) is 12.3 Å². The fourth-order valence-electron chi connectivity index (χ4n) is 3.53. The molecule has 1 saturated carbocycles. The molecular weight excluding hydrogens is 278 g/mol. The van der Waals surface area contributed by atoms with E-state index in [9.17, 15) is 4.21 Å². The zero-order chi connectivity index (χ0) is 15.5. The normalized spacial score (nSPS) is 26.5. The third-order valence-corrected chi connectivity index (χ3v) is 6.62. The average Bonchev–Trinajstić information content (AvgIpc) is 2.43. The van der Waals surface area contributed by atoms with Gasteiger partial charge in [0.25, 0.3) is 0 Å². The zero-order valence-corrected chi connectivity index (χ0v) is 14.6. The van der Waals surface area contributed by atoms with Crippen molar-refractivity contribution in [2.45, 2.75) is 64.0 Å². The van der Waals surface area contributed by atoms with Crippen molar-refractivity contribution in [1.82, 2.24) is 5.32 Å². The van der Waals surface area contributed by atoms with Gasteiger partial charge in [-0.1, -0.05) is 51.5 Å². The summed E-state index contributed by atoms with van der Waals surface area (Å²) in [4.78, 5) is 0. The summed E-state index contributed by atoms with van der Waals surface area (Å²) in [6, 6.07) is 8.68. The molecule has 0 spiro atoms. The summed E-state index contributed by atoms with van der Waals surface area (Å²) in [5.41, 5.74) is 2.72. The monoisotopic (exact) mass is 307 g/mol. The molecular formula is C18H29NOS. The van der Waals surface area contributed by atoms with Gasteiger partial charge < -0.3 is 5.32 Å². The van der Waals surface area contributed by atoms with Gasteiger partial charge in [-0.3, -0.25) is 4.21 Å². The Hall–Kier alpha value is -0.670. The average molecular weight is 308 g/mol. The second kappa shape index (κ2) is 7.06. The van der Waals surface area contributed by atoms with E-state index in [4.69, 9.17) is 0 Å². The molecule has 0 radical (unpaired) electrons. The van der Waals surface area contributed by atoms with Gasteiger partial charge in [0.15, 0.2) is 0 Å². The van der Waals surface area contributed by atoms with E-state index in [-0.39, 0.29) is 10.7 Å². The van der Waals surface area contributed by atoms with E-state index < -0.39 is 10.8 Å². The Morgan fingerprint density at radius 3 is 2.71 bits per heavy atom. The quantitative estimate of drug-likeness (QED) is 0.896. The van der Waals surface area contributed by atoms with E-state index in [1.807, 2.05) is 12.1 Å². The molecule has 0 bridgehead atoms. The molecule has 21 heavy (non-hydrogen) atoms. The van der Waals surface area contributed by atoms with E-state index in [0.717, 1.165) is 13.0 Å². The number of rotatable bonds is 5. The molecule has 0 saturated heterocycles. The molecule has 1 aliphatic carbocycles. The van der Waals surface area contributed by atoms with Crippen LogP contribution in [0.3, 0.4) is 0 Å². The standard InChI is InChI=1S/C18H29NOS/c1-5-19-17-16(11-8-12-18(17,3)4)21(20)13-15-10-7-6-9-14(15)2/h6-7,9-10,16-17,19H,5,8,11-13H2,1-4H3. The van der Waals surface area contributed by atoms with Crippen LogP contribution in [0.4, 0.5) is 0 Å². The van der Waals surface area contributed by atoms with Gasteiger partial charge in [0.2, 0.25) is 0 Å². The minimum absolute atomic E-state index is 0.236. The molecule has 1 aliphatic rings. The molecule has 2 rings (SSSR count). The molecule has 3 atom stereocenters. The number of benzene rings is 1. The lowest BCUT2D eigenvalue weighted by atomic mass is 9.73. The van der Waals surface area contributed by atoms with E-state index in [0.29, 0.717) is 11.8 Å². The summed E-state index contributed by atoms with van der Waals surface area (Å²) in [7, 11) is -0.808. The predicted octanol–water partition coefficient (Wildman–Crippen LogP) is 3.80. The van der Waals surface area contributed by atoms with E-state index in [2.05, 4.69) is 45.1 Å². The Labute approximate surface area is 132 Å². The molecule has 1 aromatic carbocycles. The highest BCUT2D eigenvalue weighted by Gasteiger charge is 2.41. The molecule has 0 amide bonds. The van der Waals surface area contributed by atoms with E-state index in [1.165, 1.54) is 24.0 Å². The number of hydrogen-bond acceptors (Lipinski definition) is 2. The molecule has 1 fully saturated rings. The van der Waals surface area contributed by atoms with Gasteiger partial charge in [-0.2, -0.15) is 0 Å². The lowest BCUT2D eigenvalue weighted by molar-refractivity contribution is 0.174. The summed E-state index contributed by atoms with van der Waals surface area (Å²) < 4.78 is 13.0. The Morgan fingerprint density at radius 2 is 2.05 bits per heavy atom. The maximum atomic E-state index is 13.0. The van der Waals surface area contributed by atoms with Crippen LogP contribution in [0.15, 0.2) is 24.3 Å². The highest BCUT2D eigenvalue weighted by Crippen LogP contribution is 2.38. The van der Waals surface area contributed by atoms with Gasteiger partial charge >= 0.3 is 0 Å². The predicted molar refractivity (Wildman–Crippen MR) is 91.9 cm³/mol. The summed E-state index contributed by atoms with van der Waals surface area (Å²) in [5.74, 6) is 0.690. The highest BCUT2D eigenvalue weighted by atomic mass is 32.2. The van der Waals surface area contributed by atoms with Gasteiger partial charge in [-0.25, -0.2) is 0 Å². The van der Waals surface area contributed by atoms with Gasteiger partial charge in [0, 0.05) is 22.6 Å². The number of aryl methyl sites for hydroxylation is 1. The van der Waals surface area contributed by atoms with Crippen LogP contribution in [0.25, 0.3) is 0 Å². The SMILES string of the molecule is CCNC1C(S(=O)Cc2ccccc2C)CCCC1(C)C. The largest absolute Gasteiger partial charge is 0.313 e.